The molecular formula is C23H30FN5O2. The largest absolute Gasteiger partial charge is 0.350 e. The first-order valence-corrected chi connectivity index (χ1v) is 11.2. The second kappa shape index (κ2) is 9.94. The predicted octanol–water partition coefficient (Wildman–Crippen LogP) is 3.03. The summed E-state index contributed by atoms with van der Waals surface area (Å²) in [6.45, 7) is 1.57. The number of nitrogens with zero attached hydrogens (tertiary/aromatic N) is 3. The SMILES string of the molecule is O=C(NCC1CCCCN1c1ccc(=O)n(Cc2cccc(F)c2)n1)NC1CCCC1. The molecule has 2 fully saturated rings. The minimum absolute atomic E-state index is 0.110. The smallest absolute Gasteiger partial charge is 0.315 e. The van der Waals surface area contributed by atoms with Gasteiger partial charge < -0.3 is 15.5 Å². The number of rotatable bonds is 6. The summed E-state index contributed by atoms with van der Waals surface area (Å²) in [4.78, 5) is 26.8. The van der Waals surface area contributed by atoms with Crippen molar-refractivity contribution in [1.82, 2.24) is 20.4 Å². The minimum Gasteiger partial charge on any atom is -0.350 e. The molecule has 2 N–H and O–H groups in total. The van der Waals surface area contributed by atoms with Crippen molar-refractivity contribution in [3.8, 4) is 0 Å². The van der Waals surface area contributed by atoms with Gasteiger partial charge in [-0.1, -0.05) is 25.0 Å². The number of hydrogen-bond acceptors (Lipinski definition) is 4. The second-order valence-electron chi connectivity index (χ2n) is 8.50. The molecule has 0 radical (unpaired) electrons. The third kappa shape index (κ3) is 5.62. The van der Waals surface area contributed by atoms with Crippen molar-refractivity contribution in [2.24, 2.45) is 0 Å². The van der Waals surface area contributed by atoms with Crippen LogP contribution in [0, 0.1) is 5.82 Å². The fourth-order valence-electron chi connectivity index (χ4n) is 4.54. The van der Waals surface area contributed by atoms with Crippen LogP contribution in [0.2, 0.25) is 0 Å². The third-order valence-corrected chi connectivity index (χ3v) is 6.18. The van der Waals surface area contributed by atoms with E-state index >= 15 is 0 Å². The van der Waals surface area contributed by atoms with Crippen LogP contribution in [0.4, 0.5) is 15.0 Å². The van der Waals surface area contributed by atoms with Crippen molar-refractivity contribution < 1.29 is 9.18 Å². The van der Waals surface area contributed by atoms with Crippen LogP contribution in [0.1, 0.15) is 50.5 Å². The van der Waals surface area contributed by atoms with E-state index in [1.807, 2.05) is 0 Å². The Labute approximate surface area is 181 Å². The first-order valence-electron chi connectivity index (χ1n) is 11.2. The van der Waals surface area contributed by atoms with E-state index in [9.17, 15) is 14.0 Å². The van der Waals surface area contributed by atoms with Gasteiger partial charge in [-0.2, -0.15) is 5.10 Å². The highest BCUT2D eigenvalue weighted by atomic mass is 19.1. The molecule has 2 aliphatic rings. The van der Waals surface area contributed by atoms with Crippen LogP contribution in [-0.2, 0) is 6.54 Å². The Kier molecular flexibility index (Phi) is 6.84. The van der Waals surface area contributed by atoms with Crippen molar-refractivity contribution in [1.29, 1.82) is 0 Å². The second-order valence-corrected chi connectivity index (χ2v) is 8.50. The van der Waals surface area contributed by atoms with Crippen LogP contribution in [0.15, 0.2) is 41.2 Å². The van der Waals surface area contributed by atoms with Crippen molar-refractivity contribution >= 4 is 11.8 Å². The summed E-state index contributed by atoms with van der Waals surface area (Å²) in [7, 11) is 0. The van der Waals surface area contributed by atoms with Gasteiger partial charge in [-0.25, -0.2) is 13.9 Å². The van der Waals surface area contributed by atoms with Gasteiger partial charge in [-0.15, -0.1) is 0 Å². The zero-order valence-corrected chi connectivity index (χ0v) is 17.7. The molecule has 0 spiro atoms. The summed E-state index contributed by atoms with van der Waals surface area (Å²) in [6.07, 6.45) is 7.55. The summed E-state index contributed by atoms with van der Waals surface area (Å²) in [6, 6.07) is 9.74. The molecule has 7 nitrogen and oxygen atoms in total. The first-order chi connectivity index (χ1) is 15.1. The number of anilines is 1. The van der Waals surface area contributed by atoms with E-state index < -0.39 is 0 Å². The summed E-state index contributed by atoms with van der Waals surface area (Å²) in [5.41, 5.74) is 0.461. The number of nitrogens with one attached hydrogen (secondary N) is 2. The highest BCUT2D eigenvalue weighted by Crippen LogP contribution is 2.22. The molecule has 1 aliphatic heterocycles. The molecule has 1 atom stereocenters. The maximum Gasteiger partial charge on any atom is 0.315 e. The average molecular weight is 428 g/mol. The number of urea groups is 1. The van der Waals surface area contributed by atoms with Crippen LogP contribution in [0.25, 0.3) is 0 Å². The normalized spacial score (nSPS) is 19.4. The summed E-state index contributed by atoms with van der Waals surface area (Å²) in [5.74, 6) is 0.374. The van der Waals surface area contributed by atoms with Gasteiger partial charge in [0.2, 0.25) is 0 Å². The minimum atomic E-state index is -0.334. The molecule has 1 aliphatic carbocycles. The summed E-state index contributed by atoms with van der Waals surface area (Å²) < 4.78 is 14.9. The number of amides is 2. The molecule has 31 heavy (non-hydrogen) atoms. The molecule has 1 aromatic heterocycles. The number of carbonyl (C=O) groups excluding carboxylic acids is 1. The lowest BCUT2D eigenvalue weighted by Gasteiger charge is -2.36. The molecular weight excluding hydrogens is 397 g/mol. The predicted molar refractivity (Wildman–Crippen MR) is 118 cm³/mol. The number of piperidine rings is 1. The highest BCUT2D eigenvalue weighted by Gasteiger charge is 2.25. The molecule has 1 aromatic carbocycles. The summed E-state index contributed by atoms with van der Waals surface area (Å²) >= 11 is 0. The van der Waals surface area contributed by atoms with Gasteiger partial charge in [-0.3, -0.25) is 4.79 Å². The topological polar surface area (TPSA) is 79.3 Å². The maximum atomic E-state index is 13.5. The van der Waals surface area contributed by atoms with E-state index in [0.29, 0.717) is 17.9 Å². The molecule has 4 rings (SSSR count). The lowest BCUT2D eigenvalue weighted by Crippen LogP contribution is -2.50. The maximum absolute atomic E-state index is 13.5. The van der Waals surface area contributed by atoms with Crippen LogP contribution in [-0.4, -0.2) is 41.0 Å². The van der Waals surface area contributed by atoms with Crippen molar-refractivity contribution in [3.63, 3.8) is 0 Å². The number of aromatic nitrogens is 2. The average Bonchev–Trinajstić information content (AvgIpc) is 3.27. The van der Waals surface area contributed by atoms with Crippen LogP contribution < -0.4 is 21.1 Å². The Morgan fingerprint density at radius 2 is 1.90 bits per heavy atom. The van der Waals surface area contributed by atoms with Crippen LogP contribution >= 0.6 is 0 Å². The quantitative estimate of drug-likeness (QED) is 0.743. The molecule has 166 valence electrons. The van der Waals surface area contributed by atoms with E-state index in [0.717, 1.165) is 38.6 Å². The molecule has 2 aromatic rings. The van der Waals surface area contributed by atoms with E-state index in [-0.39, 0.29) is 36.0 Å². The first kappa shape index (κ1) is 21.3. The van der Waals surface area contributed by atoms with Gasteiger partial charge in [0.15, 0.2) is 0 Å². The van der Waals surface area contributed by atoms with Gasteiger partial charge in [0.05, 0.1) is 6.54 Å². The van der Waals surface area contributed by atoms with Gasteiger partial charge in [-0.05, 0) is 55.9 Å². The Hall–Kier alpha value is -2.90. The van der Waals surface area contributed by atoms with Crippen molar-refractivity contribution in [2.75, 3.05) is 18.0 Å². The molecule has 1 saturated carbocycles. The Bertz CT molecular complexity index is 957. The standard InChI is InChI=1S/C23H30FN5O2/c24-18-7-5-6-17(14-18)16-29-22(30)12-11-21(27-29)28-13-4-3-10-20(28)15-25-23(31)26-19-8-1-2-9-19/h5-7,11-12,14,19-20H,1-4,8-10,13,15-16H2,(H2,25,26,31). The Morgan fingerprint density at radius 1 is 1.10 bits per heavy atom. The number of benzene rings is 1. The van der Waals surface area contributed by atoms with Crippen molar-refractivity contribution in [2.45, 2.75) is 63.6 Å². The number of hydrogen-bond donors (Lipinski definition) is 2. The van der Waals surface area contributed by atoms with Gasteiger partial charge in [0, 0.05) is 31.2 Å². The third-order valence-electron chi connectivity index (χ3n) is 6.18. The van der Waals surface area contributed by atoms with Gasteiger partial charge in [0.25, 0.3) is 5.56 Å². The monoisotopic (exact) mass is 427 g/mol. The van der Waals surface area contributed by atoms with Crippen molar-refractivity contribution in [3.05, 3.63) is 58.1 Å². The van der Waals surface area contributed by atoms with Gasteiger partial charge in [0.1, 0.15) is 11.6 Å². The van der Waals surface area contributed by atoms with Crippen LogP contribution in [0.5, 0.6) is 0 Å². The molecule has 2 heterocycles. The molecule has 2 amide bonds. The lowest BCUT2D eigenvalue weighted by molar-refractivity contribution is 0.235. The van der Waals surface area contributed by atoms with E-state index in [1.54, 1.807) is 18.2 Å². The zero-order chi connectivity index (χ0) is 21.6. The Morgan fingerprint density at radius 3 is 2.71 bits per heavy atom. The fourth-order valence-corrected chi connectivity index (χ4v) is 4.54. The fraction of sp³-hybridized carbons (Fsp3) is 0.522. The van der Waals surface area contributed by atoms with E-state index in [4.69, 9.17) is 0 Å². The molecule has 1 unspecified atom stereocenters. The number of carbonyl (C=O) groups is 1. The van der Waals surface area contributed by atoms with E-state index in [1.165, 1.54) is 35.7 Å². The number of halogens is 1. The molecule has 8 heteroatoms. The van der Waals surface area contributed by atoms with Gasteiger partial charge >= 0.3 is 6.03 Å². The van der Waals surface area contributed by atoms with E-state index in [2.05, 4.69) is 20.6 Å². The highest BCUT2D eigenvalue weighted by molar-refractivity contribution is 5.74. The van der Waals surface area contributed by atoms with Crippen LogP contribution in [0.3, 0.4) is 0 Å². The Balaban J connectivity index is 1.43. The summed E-state index contributed by atoms with van der Waals surface area (Å²) in [5, 5.41) is 10.6. The zero-order valence-electron chi connectivity index (χ0n) is 17.7. The lowest BCUT2D eigenvalue weighted by atomic mass is 10.0. The molecule has 0 bridgehead atoms. The molecule has 1 saturated heterocycles.